The molecule has 0 aliphatic heterocycles. The molecule has 1 aromatic carbocycles. The van der Waals surface area contributed by atoms with E-state index < -0.39 is 0 Å². The summed E-state index contributed by atoms with van der Waals surface area (Å²) in [6.45, 7) is 3.74. The lowest BCUT2D eigenvalue weighted by molar-refractivity contribution is 0.101. The van der Waals surface area contributed by atoms with Gasteiger partial charge in [0.15, 0.2) is 17.1 Å². The van der Waals surface area contributed by atoms with Crippen LogP contribution in [0.4, 0.5) is 0 Å². The monoisotopic (exact) mass is 246 g/mol. The Hall–Kier alpha value is -1.77. The second kappa shape index (κ2) is 5.25. The Labute approximate surface area is 107 Å². The number of ketones is 1. The number of carbonyl (C=O) groups excluding carboxylic acids is 1. The van der Waals surface area contributed by atoms with Crippen LogP contribution in [0.5, 0.6) is 5.75 Å². The second-order valence-electron chi connectivity index (χ2n) is 4.44. The number of ether oxygens (including phenoxy) is 1. The van der Waals surface area contributed by atoms with Gasteiger partial charge in [0.1, 0.15) is 0 Å². The van der Waals surface area contributed by atoms with Crippen molar-refractivity contribution in [3.8, 4) is 5.75 Å². The highest BCUT2D eigenvalue weighted by atomic mass is 16.5. The van der Waals surface area contributed by atoms with E-state index in [0.717, 1.165) is 35.8 Å². The summed E-state index contributed by atoms with van der Waals surface area (Å²) in [7, 11) is 1.62. The predicted molar refractivity (Wildman–Crippen MR) is 71.4 cm³/mol. The molecule has 1 aromatic heterocycles. The molecule has 0 N–H and O–H groups in total. The molecule has 0 fully saturated rings. The fourth-order valence-corrected chi connectivity index (χ4v) is 2.30. The second-order valence-corrected chi connectivity index (χ2v) is 4.44. The molecular formula is C15H18O3. The van der Waals surface area contributed by atoms with Crippen molar-refractivity contribution < 1.29 is 13.9 Å². The number of Topliss-reactive ketones (excluding diaryl/α,β-unsaturated/α-hetero) is 1. The Morgan fingerprint density at radius 1 is 1.44 bits per heavy atom. The lowest BCUT2D eigenvalue weighted by Crippen LogP contribution is -2.02. The molecule has 1 heterocycles. The molecule has 0 atom stereocenters. The standard InChI is InChI=1S/C15H18O3/c1-4-5-6-11-9-13(17-3)15-12(7-8-18-15)14(11)10(2)16/h7-9H,4-6H2,1-3H3. The van der Waals surface area contributed by atoms with Crippen LogP contribution >= 0.6 is 0 Å². The van der Waals surface area contributed by atoms with Gasteiger partial charge in [-0.15, -0.1) is 0 Å². The molecule has 0 aliphatic rings. The average molecular weight is 246 g/mol. The first-order valence-electron chi connectivity index (χ1n) is 6.27. The minimum Gasteiger partial charge on any atom is -0.493 e. The van der Waals surface area contributed by atoms with Crippen LogP contribution < -0.4 is 4.74 Å². The first kappa shape index (κ1) is 12.7. The highest BCUT2D eigenvalue weighted by molar-refractivity contribution is 6.08. The van der Waals surface area contributed by atoms with Crippen LogP contribution in [0.2, 0.25) is 0 Å². The maximum Gasteiger partial charge on any atom is 0.176 e. The minimum atomic E-state index is 0.0788. The number of fused-ring (bicyclic) bond motifs is 1. The van der Waals surface area contributed by atoms with Crippen molar-refractivity contribution in [1.29, 1.82) is 0 Å². The molecule has 96 valence electrons. The third-order valence-electron chi connectivity index (χ3n) is 3.16. The maximum absolute atomic E-state index is 11.9. The van der Waals surface area contributed by atoms with E-state index in [1.807, 2.05) is 12.1 Å². The lowest BCUT2D eigenvalue weighted by atomic mass is 9.96. The van der Waals surface area contributed by atoms with E-state index >= 15 is 0 Å². The maximum atomic E-state index is 11.9. The highest BCUT2D eigenvalue weighted by Crippen LogP contribution is 2.33. The fraction of sp³-hybridized carbons (Fsp3) is 0.400. The number of furan rings is 1. The van der Waals surface area contributed by atoms with E-state index in [4.69, 9.17) is 9.15 Å². The topological polar surface area (TPSA) is 39.4 Å². The van der Waals surface area contributed by atoms with E-state index in [1.165, 1.54) is 0 Å². The van der Waals surface area contributed by atoms with E-state index in [9.17, 15) is 4.79 Å². The molecule has 0 amide bonds. The number of aryl methyl sites for hydroxylation is 1. The number of unbranched alkanes of at least 4 members (excludes halogenated alkanes) is 1. The zero-order valence-electron chi connectivity index (χ0n) is 11.1. The molecule has 0 saturated carbocycles. The van der Waals surface area contributed by atoms with Crippen LogP contribution in [-0.2, 0) is 6.42 Å². The number of carbonyl (C=O) groups is 1. The van der Waals surface area contributed by atoms with Crippen molar-refractivity contribution in [2.45, 2.75) is 33.1 Å². The van der Waals surface area contributed by atoms with Gasteiger partial charge >= 0.3 is 0 Å². The van der Waals surface area contributed by atoms with E-state index in [2.05, 4.69) is 6.92 Å². The third kappa shape index (κ3) is 2.13. The number of rotatable bonds is 5. The molecule has 0 spiro atoms. The normalized spacial score (nSPS) is 10.8. The lowest BCUT2D eigenvalue weighted by Gasteiger charge is -2.10. The summed E-state index contributed by atoms with van der Waals surface area (Å²) < 4.78 is 10.7. The van der Waals surface area contributed by atoms with E-state index in [0.29, 0.717) is 11.3 Å². The number of methoxy groups -OCH3 is 1. The largest absolute Gasteiger partial charge is 0.493 e. The van der Waals surface area contributed by atoms with Gasteiger partial charge in [-0.05, 0) is 37.5 Å². The molecule has 0 bridgehead atoms. The zero-order chi connectivity index (χ0) is 13.1. The molecule has 3 nitrogen and oxygen atoms in total. The van der Waals surface area contributed by atoms with Gasteiger partial charge in [0.25, 0.3) is 0 Å². The van der Waals surface area contributed by atoms with Crippen LogP contribution in [0.15, 0.2) is 22.8 Å². The van der Waals surface area contributed by atoms with Gasteiger partial charge < -0.3 is 9.15 Å². The molecule has 0 saturated heterocycles. The summed E-state index contributed by atoms with van der Waals surface area (Å²) in [6.07, 6.45) is 4.65. The quantitative estimate of drug-likeness (QED) is 0.749. The molecule has 3 heteroatoms. The Morgan fingerprint density at radius 2 is 2.22 bits per heavy atom. The highest BCUT2D eigenvalue weighted by Gasteiger charge is 2.17. The Balaban J connectivity index is 2.65. The minimum absolute atomic E-state index is 0.0788. The molecule has 0 unspecified atom stereocenters. The first-order chi connectivity index (χ1) is 8.69. The summed E-state index contributed by atoms with van der Waals surface area (Å²) in [4.78, 5) is 11.9. The molecular weight excluding hydrogens is 228 g/mol. The zero-order valence-corrected chi connectivity index (χ0v) is 11.1. The molecule has 0 radical (unpaired) electrons. The van der Waals surface area contributed by atoms with Crippen LogP contribution in [0, 0.1) is 0 Å². The van der Waals surface area contributed by atoms with E-state index in [1.54, 1.807) is 20.3 Å². The van der Waals surface area contributed by atoms with E-state index in [-0.39, 0.29) is 5.78 Å². The van der Waals surface area contributed by atoms with Crippen molar-refractivity contribution >= 4 is 16.8 Å². The summed E-state index contributed by atoms with van der Waals surface area (Å²) in [6, 6.07) is 3.77. The fourth-order valence-electron chi connectivity index (χ4n) is 2.30. The smallest absolute Gasteiger partial charge is 0.176 e. The van der Waals surface area contributed by atoms with Crippen LogP contribution in [0.25, 0.3) is 11.0 Å². The molecule has 2 aromatic rings. The van der Waals surface area contributed by atoms with Crippen molar-refractivity contribution in [3.05, 3.63) is 29.5 Å². The Morgan fingerprint density at radius 3 is 2.83 bits per heavy atom. The SMILES string of the molecule is CCCCc1cc(OC)c2occc2c1C(C)=O. The molecule has 2 rings (SSSR count). The van der Waals surface area contributed by atoms with Gasteiger partial charge in [-0.3, -0.25) is 4.79 Å². The Bertz CT molecular complexity index is 566. The average Bonchev–Trinajstić information content (AvgIpc) is 2.83. The van der Waals surface area contributed by atoms with Crippen molar-refractivity contribution in [2.75, 3.05) is 7.11 Å². The van der Waals surface area contributed by atoms with Crippen molar-refractivity contribution in [1.82, 2.24) is 0 Å². The van der Waals surface area contributed by atoms with Crippen LogP contribution in [0.3, 0.4) is 0 Å². The third-order valence-corrected chi connectivity index (χ3v) is 3.16. The van der Waals surface area contributed by atoms with Gasteiger partial charge in [0, 0.05) is 10.9 Å². The molecule has 18 heavy (non-hydrogen) atoms. The van der Waals surface area contributed by atoms with Gasteiger partial charge in [0.05, 0.1) is 13.4 Å². The predicted octanol–water partition coefficient (Wildman–Crippen LogP) is 3.99. The van der Waals surface area contributed by atoms with Gasteiger partial charge in [-0.25, -0.2) is 0 Å². The number of hydrogen-bond acceptors (Lipinski definition) is 3. The van der Waals surface area contributed by atoms with Crippen molar-refractivity contribution in [3.63, 3.8) is 0 Å². The first-order valence-corrected chi connectivity index (χ1v) is 6.27. The van der Waals surface area contributed by atoms with Crippen LogP contribution in [0.1, 0.15) is 42.6 Å². The van der Waals surface area contributed by atoms with Gasteiger partial charge in [0.2, 0.25) is 0 Å². The summed E-state index contributed by atoms with van der Waals surface area (Å²) in [5, 5.41) is 0.855. The van der Waals surface area contributed by atoms with Gasteiger partial charge in [-0.1, -0.05) is 13.3 Å². The molecule has 0 aliphatic carbocycles. The number of hydrogen-bond donors (Lipinski definition) is 0. The summed E-state index contributed by atoms with van der Waals surface area (Å²) >= 11 is 0. The summed E-state index contributed by atoms with van der Waals surface area (Å²) in [5.41, 5.74) is 2.48. The van der Waals surface area contributed by atoms with Crippen molar-refractivity contribution in [2.24, 2.45) is 0 Å². The number of benzene rings is 1. The van der Waals surface area contributed by atoms with Crippen LogP contribution in [-0.4, -0.2) is 12.9 Å². The van der Waals surface area contributed by atoms with Gasteiger partial charge in [-0.2, -0.15) is 0 Å². The summed E-state index contributed by atoms with van der Waals surface area (Å²) in [5.74, 6) is 0.779. The Kier molecular flexibility index (Phi) is 3.70.